The second kappa shape index (κ2) is 9.61. The van der Waals surface area contributed by atoms with Crippen LogP contribution in [0.2, 0.25) is 0 Å². The van der Waals surface area contributed by atoms with Crippen molar-refractivity contribution in [1.29, 1.82) is 0 Å². The van der Waals surface area contributed by atoms with Crippen molar-refractivity contribution in [2.45, 2.75) is 45.8 Å². The molecule has 1 aliphatic heterocycles. The first kappa shape index (κ1) is 22.2. The highest BCUT2D eigenvalue weighted by Gasteiger charge is 2.40. The van der Waals surface area contributed by atoms with Crippen LogP contribution in [0.5, 0.6) is 0 Å². The molecule has 0 bridgehead atoms. The second-order valence-corrected chi connectivity index (χ2v) is 9.09. The highest BCUT2D eigenvalue weighted by molar-refractivity contribution is 8.03. The predicted octanol–water partition coefficient (Wildman–Crippen LogP) is 6.46. The quantitative estimate of drug-likeness (QED) is 0.374. The summed E-state index contributed by atoms with van der Waals surface area (Å²) < 4.78 is 5.44. The lowest BCUT2D eigenvalue weighted by molar-refractivity contribution is -0.119. The van der Waals surface area contributed by atoms with E-state index in [1.54, 1.807) is 6.26 Å². The summed E-state index contributed by atoms with van der Waals surface area (Å²) in [5.74, 6) is 0.703. The number of aryl methyl sites for hydroxylation is 3. The molecule has 32 heavy (non-hydrogen) atoms. The van der Waals surface area contributed by atoms with E-state index in [0.717, 1.165) is 41.7 Å². The number of benzene rings is 2. The largest absolute Gasteiger partial charge is 0.468 e. The fourth-order valence-electron chi connectivity index (χ4n) is 3.94. The molecular formula is C27H27NO3S. The molecule has 4 rings (SSSR count). The van der Waals surface area contributed by atoms with Gasteiger partial charge in [0, 0.05) is 0 Å². The number of thioether (sulfide) groups is 1. The van der Waals surface area contributed by atoms with E-state index in [0.29, 0.717) is 21.9 Å². The Balaban J connectivity index is 1.70. The molecule has 0 unspecified atom stereocenters. The van der Waals surface area contributed by atoms with E-state index < -0.39 is 0 Å². The van der Waals surface area contributed by atoms with Gasteiger partial charge in [0.05, 0.1) is 28.2 Å². The van der Waals surface area contributed by atoms with Crippen molar-refractivity contribution in [2.75, 3.05) is 4.90 Å². The number of furan rings is 1. The van der Waals surface area contributed by atoms with E-state index >= 15 is 0 Å². The maximum Gasteiger partial charge on any atom is 0.272 e. The van der Waals surface area contributed by atoms with E-state index in [4.69, 9.17) is 4.42 Å². The second-order valence-electron chi connectivity index (χ2n) is 8.11. The van der Waals surface area contributed by atoms with Crippen LogP contribution in [-0.4, -0.2) is 11.8 Å². The zero-order chi connectivity index (χ0) is 22.7. The lowest BCUT2D eigenvalue weighted by atomic mass is 9.98. The Bertz CT molecular complexity index is 1160. The fourth-order valence-corrected chi connectivity index (χ4v) is 4.95. The summed E-state index contributed by atoms with van der Waals surface area (Å²) in [7, 11) is 0. The van der Waals surface area contributed by atoms with Crippen molar-refractivity contribution in [3.63, 3.8) is 0 Å². The molecule has 0 N–H and O–H groups in total. The highest BCUT2D eigenvalue weighted by atomic mass is 32.2. The molecule has 0 saturated heterocycles. The van der Waals surface area contributed by atoms with Crippen LogP contribution >= 0.6 is 11.8 Å². The first-order valence-electron chi connectivity index (χ1n) is 10.9. The minimum atomic E-state index is -0.275. The van der Waals surface area contributed by atoms with Gasteiger partial charge < -0.3 is 4.42 Å². The van der Waals surface area contributed by atoms with Crippen molar-refractivity contribution >= 4 is 34.8 Å². The number of anilines is 1. The molecule has 164 valence electrons. The minimum absolute atomic E-state index is 0.273. The van der Waals surface area contributed by atoms with Crippen molar-refractivity contribution in [3.05, 3.63) is 93.8 Å². The van der Waals surface area contributed by atoms with Crippen LogP contribution in [0.15, 0.2) is 70.2 Å². The molecule has 3 aromatic rings. The Morgan fingerprint density at radius 3 is 2.41 bits per heavy atom. The van der Waals surface area contributed by atoms with Gasteiger partial charge in [0.2, 0.25) is 0 Å². The molecule has 1 aliphatic rings. The summed E-state index contributed by atoms with van der Waals surface area (Å²) in [4.78, 5) is 28.9. The normalized spacial score (nSPS) is 14.0. The molecule has 0 radical (unpaired) electrons. The van der Waals surface area contributed by atoms with Crippen LogP contribution in [0.1, 0.15) is 47.8 Å². The van der Waals surface area contributed by atoms with Crippen molar-refractivity contribution in [1.82, 2.24) is 0 Å². The topological polar surface area (TPSA) is 50.5 Å². The molecule has 0 spiro atoms. The molecule has 4 nitrogen and oxygen atoms in total. The van der Waals surface area contributed by atoms with Crippen LogP contribution in [0.25, 0.3) is 5.57 Å². The molecule has 2 aromatic carbocycles. The molecule has 0 atom stereocenters. The van der Waals surface area contributed by atoms with Gasteiger partial charge in [-0.3, -0.25) is 9.59 Å². The Morgan fingerprint density at radius 1 is 0.969 bits per heavy atom. The molecule has 2 heterocycles. The number of imide groups is 1. The van der Waals surface area contributed by atoms with E-state index in [2.05, 4.69) is 6.92 Å². The number of carbonyl (C=O) groups excluding carboxylic acids is 2. The zero-order valence-electron chi connectivity index (χ0n) is 18.7. The summed E-state index contributed by atoms with van der Waals surface area (Å²) in [5.41, 5.74) is 5.19. The summed E-state index contributed by atoms with van der Waals surface area (Å²) in [5, 5.41) is 0. The molecule has 1 aromatic heterocycles. The molecule has 2 amide bonds. The first-order valence-corrected chi connectivity index (χ1v) is 11.9. The monoisotopic (exact) mass is 445 g/mol. The Kier molecular flexibility index (Phi) is 6.66. The molecule has 5 heteroatoms. The smallest absolute Gasteiger partial charge is 0.272 e. The Labute approximate surface area is 193 Å². The van der Waals surface area contributed by atoms with Gasteiger partial charge in [0.15, 0.2) is 0 Å². The average molecular weight is 446 g/mol. The van der Waals surface area contributed by atoms with Gasteiger partial charge in [0.1, 0.15) is 5.76 Å². The van der Waals surface area contributed by atoms with Crippen LogP contribution in [0.3, 0.4) is 0 Å². The third-order valence-corrected chi connectivity index (χ3v) is 6.74. The maximum atomic E-state index is 13.6. The van der Waals surface area contributed by atoms with Gasteiger partial charge in [0.25, 0.3) is 11.8 Å². The number of nitrogens with zero attached hydrogens (tertiary/aromatic N) is 1. The number of rotatable bonds is 8. The van der Waals surface area contributed by atoms with Gasteiger partial charge in [-0.25, -0.2) is 4.90 Å². The van der Waals surface area contributed by atoms with Crippen molar-refractivity contribution in [2.24, 2.45) is 0 Å². The average Bonchev–Trinajstić information content (AvgIpc) is 3.38. The van der Waals surface area contributed by atoms with Gasteiger partial charge in [-0.15, -0.1) is 11.8 Å². The van der Waals surface area contributed by atoms with E-state index in [1.807, 2.05) is 68.4 Å². The first-order chi connectivity index (χ1) is 15.5. The van der Waals surface area contributed by atoms with Gasteiger partial charge in [-0.05, 0) is 67.6 Å². The van der Waals surface area contributed by atoms with E-state index in [-0.39, 0.29) is 11.8 Å². The van der Waals surface area contributed by atoms with Crippen LogP contribution < -0.4 is 4.90 Å². The lowest BCUT2D eigenvalue weighted by Gasteiger charge is -2.16. The zero-order valence-corrected chi connectivity index (χ0v) is 19.5. The summed E-state index contributed by atoms with van der Waals surface area (Å²) in [6, 6.07) is 17.4. The number of carbonyl (C=O) groups is 2. The number of hydrogen-bond acceptors (Lipinski definition) is 4. The van der Waals surface area contributed by atoms with Crippen molar-refractivity contribution in [3.8, 4) is 0 Å². The predicted molar refractivity (Wildman–Crippen MR) is 130 cm³/mol. The van der Waals surface area contributed by atoms with Crippen molar-refractivity contribution < 1.29 is 14.0 Å². The Morgan fingerprint density at radius 2 is 1.75 bits per heavy atom. The molecule has 0 saturated carbocycles. The number of hydrogen-bond donors (Lipinski definition) is 0. The standard InChI is InChI=1S/C27H27NO3S/c1-4-5-7-20-10-12-21(13-11-20)28-26(29)24(23-14-9-18(2)16-19(23)3)25(27(28)30)32-17-22-8-6-15-31-22/h6,8-16H,4-5,7,17H2,1-3H3. The Hall–Kier alpha value is -3.05. The van der Waals surface area contributed by atoms with Gasteiger partial charge >= 0.3 is 0 Å². The molecule has 0 fully saturated rings. The number of unbranched alkanes of at least 4 members (excludes halogenated alkanes) is 1. The third kappa shape index (κ3) is 4.44. The summed E-state index contributed by atoms with van der Waals surface area (Å²) >= 11 is 1.36. The maximum absolute atomic E-state index is 13.6. The summed E-state index contributed by atoms with van der Waals surface area (Å²) in [6.45, 7) is 6.16. The SMILES string of the molecule is CCCCc1ccc(N2C(=O)C(SCc3ccco3)=C(c3ccc(C)cc3C)C2=O)cc1. The highest BCUT2D eigenvalue weighted by Crippen LogP contribution is 2.40. The van der Waals surface area contributed by atoms with E-state index in [1.165, 1.54) is 22.2 Å². The number of amides is 2. The van der Waals surface area contributed by atoms with Crippen LogP contribution in [-0.2, 0) is 21.8 Å². The molecular weight excluding hydrogens is 418 g/mol. The summed E-state index contributed by atoms with van der Waals surface area (Å²) in [6.07, 6.45) is 4.86. The fraction of sp³-hybridized carbons (Fsp3) is 0.259. The minimum Gasteiger partial charge on any atom is -0.468 e. The van der Waals surface area contributed by atoms with Crippen LogP contribution in [0, 0.1) is 13.8 Å². The molecule has 0 aliphatic carbocycles. The lowest BCUT2D eigenvalue weighted by Crippen LogP contribution is -2.31. The van der Waals surface area contributed by atoms with Gasteiger partial charge in [-0.1, -0.05) is 49.2 Å². The third-order valence-electron chi connectivity index (χ3n) is 5.65. The van der Waals surface area contributed by atoms with E-state index in [9.17, 15) is 9.59 Å². The van der Waals surface area contributed by atoms with Crippen LogP contribution in [0.4, 0.5) is 5.69 Å². The van der Waals surface area contributed by atoms with Gasteiger partial charge in [-0.2, -0.15) is 0 Å².